The zero-order chi connectivity index (χ0) is 15.7. The molecule has 1 fully saturated rings. The summed E-state index contributed by atoms with van der Waals surface area (Å²) in [5.74, 6) is -1.26. The molecule has 0 unspecified atom stereocenters. The van der Waals surface area contributed by atoms with Crippen LogP contribution in [0.5, 0.6) is 5.75 Å². The van der Waals surface area contributed by atoms with Crippen molar-refractivity contribution in [1.29, 1.82) is 0 Å². The minimum atomic E-state index is -4.27. The second-order valence-electron chi connectivity index (χ2n) is 5.97. The monoisotopic (exact) mass is 313 g/mol. The molecule has 6 heteroatoms. The lowest BCUT2D eigenvalue weighted by Gasteiger charge is -2.34. The van der Waals surface area contributed by atoms with E-state index in [-0.39, 0.29) is 6.42 Å². The second-order valence-corrected chi connectivity index (χ2v) is 5.97. The van der Waals surface area contributed by atoms with Gasteiger partial charge in [0.25, 0.3) is 5.91 Å². The van der Waals surface area contributed by atoms with E-state index in [4.69, 9.17) is 4.74 Å². The van der Waals surface area contributed by atoms with Gasteiger partial charge in [0, 0.05) is 12.5 Å². The van der Waals surface area contributed by atoms with Crippen LogP contribution in [-0.4, -0.2) is 24.2 Å². The van der Waals surface area contributed by atoms with Crippen molar-refractivity contribution in [2.75, 3.05) is 0 Å². The molecular weight excluding hydrogens is 295 g/mol. The van der Waals surface area contributed by atoms with Gasteiger partial charge in [-0.05, 0) is 24.5 Å². The number of halogens is 3. The van der Waals surface area contributed by atoms with E-state index in [9.17, 15) is 18.0 Å². The Morgan fingerprint density at radius 2 is 1.91 bits per heavy atom. The van der Waals surface area contributed by atoms with Crippen LogP contribution in [0.15, 0.2) is 24.3 Å². The summed E-state index contributed by atoms with van der Waals surface area (Å²) >= 11 is 0. The minimum absolute atomic E-state index is 0.0835. The number of para-hydroxylation sites is 1. The van der Waals surface area contributed by atoms with E-state index in [1.807, 2.05) is 12.1 Å². The summed E-state index contributed by atoms with van der Waals surface area (Å²) < 4.78 is 44.7. The highest BCUT2D eigenvalue weighted by atomic mass is 19.4. The lowest BCUT2D eigenvalue weighted by molar-refractivity contribution is -0.189. The fourth-order valence-electron chi connectivity index (χ4n) is 3.30. The molecule has 1 aromatic carbocycles. The number of amides is 1. The molecule has 22 heavy (non-hydrogen) atoms. The third-order valence-corrected chi connectivity index (χ3v) is 4.45. The number of nitrogens with one attached hydrogen (secondary N) is 1. The number of fused-ring (bicyclic) bond motifs is 1. The molecule has 1 heterocycles. The number of ether oxygens (including phenoxy) is 1. The van der Waals surface area contributed by atoms with E-state index in [1.54, 1.807) is 12.1 Å². The van der Waals surface area contributed by atoms with Gasteiger partial charge in [-0.1, -0.05) is 31.0 Å². The fourth-order valence-corrected chi connectivity index (χ4v) is 3.30. The summed E-state index contributed by atoms with van der Waals surface area (Å²) in [6, 6.07) is 6.45. The Morgan fingerprint density at radius 3 is 2.64 bits per heavy atom. The number of carbonyl (C=O) groups is 1. The van der Waals surface area contributed by atoms with Crippen LogP contribution < -0.4 is 10.1 Å². The molecule has 0 spiro atoms. The quantitative estimate of drug-likeness (QED) is 0.910. The molecular formula is C16H18F3NO2. The van der Waals surface area contributed by atoms with E-state index in [0.717, 1.165) is 5.56 Å². The van der Waals surface area contributed by atoms with Crippen LogP contribution in [0.4, 0.5) is 13.2 Å². The molecule has 3 rings (SSSR count). The lowest BCUT2D eigenvalue weighted by Crippen LogP contribution is -2.51. The first kappa shape index (κ1) is 15.2. The maximum Gasteiger partial charge on any atom is 0.393 e. The maximum absolute atomic E-state index is 13.1. The Morgan fingerprint density at radius 1 is 1.18 bits per heavy atom. The van der Waals surface area contributed by atoms with Gasteiger partial charge in [0.2, 0.25) is 0 Å². The van der Waals surface area contributed by atoms with Crippen molar-refractivity contribution in [2.45, 2.75) is 50.4 Å². The topological polar surface area (TPSA) is 38.3 Å². The number of hydrogen-bond donors (Lipinski definition) is 1. The summed E-state index contributed by atoms with van der Waals surface area (Å²) in [5.41, 5.74) is 0.915. The van der Waals surface area contributed by atoms with Crippen LogP contribution in [-0.2, 0) is 11.2 Å². The minimum Gasteiger partial charge on any atom is -0.480 e. The van der Waals surface area contributed by atoms with Crippen molar-refractivity contribution in [3.63, 3.8) is 0 Å². The van der Waals surface area contributed by atoms with Gasteiger partial charge in [-0.3, -0.25) is 4.79 Å². The Kier molecular flexibility index (Phi) is 4.02. The van der Waals surface area contributed by atoms with E-state index >= 15 is 0 Å². The van der Waals surface area contributed by atoms with E-state index in [0.29, 0.717) is 31.4 Å². The van der Waals surface area contributed by atoms with Crippen LogP contribution in [0.3, 0.4) is 0 Å². The smallest absolute Gasteiger partial charge is 0.393 e. The van der Waals surface area contributed by atoms with Crippen molar-refractivity contribution in [1.82, 2.24) is 5.32 Å². The van der Waals surface area contributed by atoms with E-state index < -0.39 is 30.1 Å². The van der Waals surface area contributed by atoms with Crippen molar-refractivity contribution >= 4 is 5.91 Å². The molecule has 3 atom stereocenters. The van der Waals surface area contributed by atoms with Crippen LogP contribution in [0.1, 0.15) is 31.2 Å². The zero-order valence-electron chi connectivity index (χ0n) is 12.0. The number of benzene rings is 1. The molecule has 0 radical (unpaired) electrons. The molecule has 2 aliphatic rings. The van der Waals surface area contributed by atoms with Crippen LogP contribution in [0.25, 0.3) is 0 Å². The van der Waals surface area contributed by atoms with Gasteiger partial charge in [-0.2, -0.15) is 13.2 Å². The highest BCUT2D eigenvalue weighted by molar-refractivity contribution is 5.82. The highest BCUT2D eigenvalue weighted by Crippen LogP contribution is 2.38. The average molecular weight is 313 g/mol. The van der Waals surface area contributed by atoms with Crippen LogP contribution in [0, 0.1) is 5.92 Å². The first-order valence-corrected chi connectivity index (χ1v) is 7.57. The molecule has 1 saturated carbocycles. The Bertz CT molecular complexity index is 534. The molecule has 0 bridgehead atoms. The summed E-state index contributed by atoms with van der Waals surface area (Å²) in [6.07, 6.45) is -2.86. The summed E-state index contributed by atoms with van der Waals surface area (Å²) in [6.45, 7) is 0. The molecule has 1 aliphatic heterocycles. The fraction of sp³-hybridized carbons (Fsp3) is 0.562. The van der Waals surface area contributed by atoms with Gasteiger partial charge < -0.3 is 10.1 Å². The highest BCUT2D eigenvalue weighted by Gasteiger charge is 2.46. The Labute approximate surface area is 126 Å². The van der Waals surface area contributed by atoms with Crippen molar-refractivity contribution in [3.05, 3.63) is 29.8 Å². The molecule has 1 aromatic rings. The van der Waals surface area contributed by atoms with Crippen molar-refractivity contribution in [3.8, 4) is 5.75 Å². The van der Waals surface area contributed by atoms with Gasteiger partial charge in [0.1, 0.15) is 5.75 Å². The molecule has 0 aromatic heterocycles. The normalized spacial score (nSPS) is 27.9. The first-order valence-electron chi connectivity index (χ1n) is 7.57. The lowest BCUT2D eigenvalue weighted by atomic mass is 9.84. The number of hydrogen-bond acceptors (Lipinski definition) is 2. The number of carbonyl (C=O) groups excluding carboxylic acids is 1. The predicted octanol–water partition coefficient (Wildman–Crippen LogP) is 3.23. The molecule has 1 N–H and O–H groups in total. The SMILES string of the molecule is O=C(N[C@@H]1CCCC[C@@H]1C(F)(F)F)[C@H]1Cc2ccccc2O1. The number of rotatable bonds is 2. The average Bonchev–Trinajstić information content (AvgIpc) is 2.90. The molecule has 3 nitrogen and oxygen atoms in total. The Hall–Kier alpha value is -1.72. The number of alkyl halides is 3. The Balaban J connectivity index is 1.64. The standard InChI is InChI=1S/C16H18F3NO2/c17-16(18,19)11-6-2-3-7-12(11)20-15(21)14-9-10-5-1-4-8-13(10)22-14/h1,4-5,8,11-12,14H,2-3,6-7,9H2,(H,20,21)/t11-,12+,14+/m0/s1. The molecule has 0 saturated heterocycles. The first-order chi connectivity index (χ1) is 10.4. The molecule has 1 amide bonds. The van der Waals surface area contributed by atoms with Crippen molar-refractivity contribution < 1.29 is 22.7 Å². The van der Waals surface area contributed by atoms with Gasteiger partial charge >= 0.3 is 6.18 Å². The maximum atomic E-state index is 13.1. The van der Waals surface area contributed by atoms with Gasteiger partial charge in [0.05, 0.1) is 5.92 Å². The van der Waals surface area contributed by atoms with Crippen molar-refractivity contribution in [2.24, 2.45) is 5.92 Å². The van der Waals surface area contributed by atoms with Gasteiger partial charge in [-0.25, -0.2) is 0 Å². The largest absolute Gasteiger partial charge is 0.480 e. The molecule has 120 valence electrons. The van der Waals surface area contributed by atoms with Gasteiger partial charge in [0.15, 0.2) is 6.10 Å². The third-order valence-electron chi connectivity index (χ3n) is 4.45. The third kappa shape index (κ3) is 3.05. The summed E-state index contributed by atoms with van der Waals surface area (Å²) in [7, 11) is 0. The summed E-state index contributed by atoms with van der Waals surface area (Å²) in [4.78, 5) is 12.3. The van der Waals surface area contributed by atoms with E-state index in [1.165, 1.54) is 0 Å². The zero-order valence-corrected chi connectivity index (χ0v) is 12.0. The predicted molar refractivity (Wildman–Crippen MR) is 74.5 cm³/mol. The van der Waals surface area contributed by atoms with Crippen LogP contribution in [0.2, 0.25) is 0 Å². The summed E-state index contributed by atoms with van der Waals surface area (Å²) in [5, 5.41) is 2.57. The van der Waals surface area contributed by atoms with Crippen LogP contribution >= 0.6 is 0 Å². The molecule has 1 aliphatic carbocycles. The van der Waals surface area contributed by atoms with E-state index in [2.05, 4.69) is 5.32 Å². The second kappa shape index (κ2) is 5.82. The van der Waals surface area contributed by atoms with Gasteiger partial charge in [-0.15, -0.1) is 0 Å².